The molecule has 0 spiro atoms. The molecule has 0 fully saturated rings. The lowest BCUT2D eigenvalue weighted by atomic mass is 10.1. The van der Waals surface area contributed by atoms with Crippen molar-refractivity contribution in [3.8, 4) is 11.3 Å². The second-order valence-electron chi connectivity index (χ2n) is 5.31. The number of carbonyl (C=O) groups excluding carboxylic acids is 1. The van der Waals surface area contributed by atoms with Gasteiger partial charge in [0.25, 0.3) is 11.9 Å². The number of nitrogens with zero attached hydrogens (tertiary/aromatic N) is 4. The molecule has 4 rings (SSSR count). The Kier molecular flexibility index (Phi) is 3.55. The molecule has 6 nitrogen and oxygen atoms in total. The summed E-state index contributed by atoms with van der Waals surface area (Å²) in [5.74, 6) is 0.00213. The number of fused-ring (bicyclic) bond motifs is 1. The first-order valence-corrected chi connectivity index (χ1v) is 8.21. The standard InChI is InChI=1S/C17H13N5OS/c1-11-4-6-12(7-5-11)14-10-24-17-20-16(21-22(14)17)19-15(23)13-3-2-8-18-9-13/h2-10H,1H3,(H,19,21,23). The van der Waals surface area contributed by atoms with E-state index in [-0.39, 0.29) is 11.9 Å². The highest BCUT2D eigenvalue weighted by Crippen LogP contribution is 2.26. The molecular formula is C17H13N5OS. The predicted octanol–water partition coefficient (Wildman–Crippen LogP) is 3.41. The van der Waals surface area contributed by atoms with Gasteiger partial charge in [-0.3, -0.25) is 15.1 Å². The van der Waals surface area contributed by atoms with Crippen LogP contribution < -0.4 is 5.32 Å². The molecule has 118 valence electrons. The average Bonchev–Trinajstić information content (AvgIpc) is 3.16. The highest BCUT2D eigenvalue weighted by molar-refractivity contribution is 7.15. The second-order valence-corrected chi connectivity index (χ2v) is 6.15. The Morgan fingerprint density at radius 3 is 2.79 bits per heavy atom. The van der Waals surface area contributed by atoms with Crippen LogP contribution in [0.1, 0.15) is 15.9 Å². The fraction of sp³-hybridized carbons (Fsp3) is 0.0588. The third kappa shape index (κ3) is 2.65. The number of hydrogen-bond donors (Lipinski definition) is 1. The lowest BCUT2D eigenvalue weighted by molar-refractivity contribution is 0.102. The molecule has 0 radical (unpaired) electrons. The summed E-state index contributed by atoms with van der Waals surface area (Å²) >= 11 is 1.48. The van der Waals surface area contributed by atoms with E-state index in [1.165, 1.54) is 23.1 Å². The summed E-state index contributed by atoms with van der Waals surface area (Å²) in [7, 11) is 0. The van der Waals surface area contributed by atoms with E-state index in [0.717, 1.165) is 16.2 Å². The van der Waals surface area contributed by atoms with Crippen LogP contribution in [0, 0.1) is 6.92 Å². The Morgan fingerprint density at radius 1 is 1.21 bits per heavy atom. The van der Waals surface area contributed by atoms with Crippen molar-refractivity contribution in [3.63, 3.8) is 0 Å². The summed E-state index contributed by atoms with van der Waals surface area (Å²) in [5.41, 5.74) is 3.67. The normalized spacial score (nSPS) is 10.9. The van der Waals surface area contributed by atoms with Crippen molar-refractivity contribution >= 4 is 28.2 Å². The first kappa shape index (κ1) is 14.5. The smallest absolute Gasteiger partial charge is 0.259 e. The minimum absolute atomic E-state index is 0.279. The zero-order valence-electron chi connectivity index (χ0n) is 12.8. The lowest BCUT2D eigenvalue weighted by Crippen LogP contribution is -2.13. The second kappa shape index (κ2) is 5.86. The number of rotatable bonds is 3. The third-order valence-corrected chi connectivity index (χ3v) is 4.39. The zero-order valence-corrected chi connectivity index (χ0v) is 13.6. The molecule has 0 unspecified atom stereocenters. The number of amides is 1. The van der Waals surface area contributed by atoms with Crippen LogP contribution in [0.4, 0.5) is 5.95 Å². The number of anilines is 1. The molecule has 0 aliphatic heterocycles. The third-order valence-electron chi connectivity index (χ3n) is 3.58. The van der Waals surface area contributed by atoms with E-state index in [1.807, 2.05) is 17.5 Å². The number of pyridine rings is 1. The van der Waals surface area contributed by atoms with Gasteiger partial charge in [-0.2, -0.15) is 4.98 Å². The molecule has 0 bridgehead atoms. The maximum atomic E-state index is 12.2. The predicted molar refractivity (Wildman–Crippen MR) is 93.2 cm³/mol. The van der Waals surface area contributed by atoms with Crippen LogP contribution in [0.15, 0.2) is 54.2 Å². The number of hydrogen-bond acceptors (Lipinski definition) is 5. The zero-order chi connectivity index (χ0) is 16.5. The molecule has 0 saturated heterocycles. The van der Waals surface area contributed by atoms with E-state index in [4.69, 9.17) is 0 Å². The summed E-state index contributed by atoms with van der Waals surface area (Å²) in [6, 6.07) is 11.6. The van der Waals surface area contributed by atoms with Crippen molar-refractivity contribution in [1.82, 2.24) is 19.6 Å². The number of aryl methyl sites for hydroxylation is 1. The monoisotopic (exact) mass is 335 g/mol. The summed E-state index contributed by atoms with van der Waals surface area (Å²) in [4.78, 5) is 21.2. The van der Waals surface area contributed by atoms with E-state index >= 15 is 0 Å². The van der Waals surface area contributed by atoms with Crippen LogP contribution in [-0.2, 0) is 0 Å². The molecule has 3 aromatic heterocycles. The van der Waals surface area contributed by atoms with Gasteiger partial charge in [-0.15, -0.1) is 16.4 Å². The molecule has 3 heterocycles. The van der Waals surface area contributed by atoms with Crippen molar-refractivity contribution in [2.24, 2.45) is 0 Å². The van der Waals surface area contributed by atoms with Crippen molar-refractivity contribution in [3.05, 3.63) is 65.3 Å². The Bertz CT molecular complexity index is 1000. The lowest BCUT2D eigenvalue weighted by Gasteiger charge is -2.00. The summed E-state index contributed by atoms with van der Waals surface area (Å²) in [6.07, 6.45) is 3.13. The van der Waals surface area contributed by atoms with Gasteiger partial charge in [-0.1, -0.05) is 29.8 Å². The van der Waals surface area contributed by atoms with Crippen LogP contribution in [-0.4, -0.2) is 25.5 Å². The summed E-state index contributed by atoms with van der Waals surface area (Å²) in [6.45, 7) is 2.05. The average molecular weight is 335 g/mol. The molecule has 1 aromatic carbocycles. The fourth-order valence-corrected chi connectivity index (χ4v) is 3.16. The van der Waals surface area contributed by atoms with E-state index in [9.17, 15) is 4.79 Å². The van der Waals surface area contributed by atoms with Crippen molar-refractivity contribution < 1.29 is 4.79 Å². The van der Waals surface area contributed by atoms with Gasteiger partial charge < -0.3 is 0 Å². The van der Waals surface area contributed by atoms with Gasteiger partial charge in [0.1, 0.15) is 0 Å². The number of nitrogens with one attached hydrogen (secondary N) is 1. The molecule has 24 heavy (non-hydrogen) atoms. The molecule has 1 N–H and O–H groups in total. The van der Waals surface area contributed by atoms with Gasteiger partial charge >= 0.3 is 0 Å². The maximum Gasteiger partial charge on any atom is 0.259 e. The molecule has 0 atom stereocenters. The van der Waals surface area contributed by atoms with Crippen LogP contribution in [0.3, 0.4) is 0 Å². The van der Waals surface area contributed by atoms with E-state index < -0.39 is 0 Å². The highest BCUT2D eigenvalue weighted by atomic mass is 32.1. The number of benzene rings is 1. The minimum Gasteiger partial charge on any atom is -0.289 e. The molecular weight excluding hydrogens is 322 g/mol. The molecule has 4 aromatic rings. The van der Waals surface area contributed by atoms with Gasteiger partial charge in [0.15, 0.2) is 0 Å². The number of thiazole rings is 1. The van der Waals surface area contributed by atoms with Gasteiger partial charge in [0.2, 0.25) is 4.96 Å². The van der Waals surface area contributed by atoms with Crippen LogP contribution in [0.2, 0.25) is 0 Å². The topological polar surface area (TPSA) is 72.2 Å². The van der Waals surface area contributed by atoms with Gasteiger partial charge in [0.05, 0.1) is 11.3 Å². The Balaban J connectivity index is 1.65. The first-order valence-electron chi connectivity index (χ1n) is 7.33. The van der Waals surface area contributed by atoms with Gasteiger partial charge in [-0.25, -0.2) is 4.52 Å². The summed E-state index contributed by atoms with van der Waals surface area (Å²) in [5, 5.41) is 9.11. The minimum atomic E-state index is -0.279. The summed E-state index contributed by atoms with van der Waals surface area (Å²) < 4.78 is 1.74. The number of carbonyl (C=O) groups is 1. The van der Waals surface area contributed by atoms with Crippen molar-refractivity contribution in [1.29, 1.82) is 0 Å². The van der Waals surface area contributed by atoms with Crippen molar-refractivity contribution in [2.75, 3.05) is 5.32 Å². The molecule has 7 heteroatoms. The molecule has 0 aliphatic rings. The van der Waals surface area contributed by atoms with E-state index in [2.05, 4.69) is 39.4 Å². The quantitative estimate of drug-likeness (QED) is 0.623. The van der Waals surface area contributed by atoms with Crippen LogP contribution in [0.5, 0.6) is 0 Å². The number of aromatic nitrogens is 4. The molecule has 0 aliphatic carbocycles. The largest absolute Gasteiger partial charge is 0.289 e. The molecule has 0 saturated carbocycles. The molecule has 1 amide bonds. The Hall–Kier alpha value is -3.06. The van der Waals surface area contributed by atoms with Crippen LogP contribution in [0.25, 0.3) is 16.2 Å². The van der Waals surface area contributed by atoms with Crippen LogP contribution >= 0.6 is 11.3 Å². The Labute approximate surface area is 141 Å². The highest BCUT2D eigenvalue weighted by Gasteiger charge is 2.14. The fourth-order valence-electron chi connectivity index (χ4n) is 2.33. The van der Waals surface area contributed by atoms with E-state index in [0.29, 0.717) is 5.56 Å². The Morgan fingerprint density at radius 2 is 2.04 bits per heavy atom. The first-order chi connectivity index (χ1) is 11.7. The van der Waals surface area contributed by atoms with Gasteiger partial charge in [0, 0.05) is 23.3 Å². The SMILES string of the molecule is Cc1ccc(-c2csc3nc(NC(=O)c4cccnc4)nn23)cc1. The van der Waals surface area contributed by atoms with Gasteiger partial charge in [-0.05, 0) is 19.1 Å². The van der Waals surface area contributed by atoms with Crippen molar-refractivity contribution in [2.45, 2.75) is 6.92 Å². The van der Waals surface area contributed by atoms with E-state index in [1.54, 1.807) is 22.8 Å². The maximum absolute atomic E-state index is 12.2.